The molecule has 0 spiro atoms. The van der Waals surface area contributed by atoms with Crippen LogP contribution in [0.2, 0.25) is 0 Å². The zero-order valence-electron chi connectivity index (χ0n) is 14.2. The van der Waals surface area contributed by atoms with Crippen LogP contribution in [0.3, 0.4) is 0 Å². The van der Waals surface area contributed by atoms with E-state index in [1.54, 1.807) is 18.2 Å². The molecule has 0 atom stereocenters. The van der Waals surface area contributed by atoms with Crippen LogP contribution < -0.4 is 24.8 Å². The monoisotopic (exact) mass is 342 g/mol. The molecule has 0 fully saturated rings. The summed E-state index contributed by atoms with van der Waals surface area (Å²) in [5, 5.41) is 5.54. The van der Waals surface area contributed by atoms with Crippen molar-refractivity contribution < 1.29 is 19.0 Å². The zero-order chi connectivity index (χ0) is 17.5. The van der Waals surface area contributed by atoms with E-state index < -0.39 is 0 Å². The number of urea groups is 1. The second-order valence-electron chi connectivity index (χ2n) is 5.76. The van der Waals surface area contributed by atoms with Crippen molar-refractivity contribution in [2.75, 3.05) is 31.7 Å². The normalized spacial score (nSPS) is 12.8. The third-order valence-electron chi connectivity index (χ3n) is 3.65. The predicted molar refractivity (Wildman–Crippen MR) is 95.7 cm³/mol. The van der Waals surface area contributed by atoms with Crippen LogP contribution in [0.15, 0.2) is 42.5 Å². The van der Waals surface area contributed by atoms with Crippen molar-refractivity contribution in [3.63, 3.8) is 0 Å². The summed E-state index contributed by atoms with van der Waals surface area (Å²) in [7, 11) is 0. The maximum atomic E-state index is 12.0. The number of carbonyl (C=O) groups excluding carboxylic acids is 1. The van der Waals surface area contributed by atoms with Crippen LogP contribution in [0.4, 0.5) is 10.5 Å². The lowest BCUT2D eigenvalue weighted by Gasteiger charge is -2.11. The Kier molecular flexibility index (Phi) is 5.61. The summed E-state index contributed by atoms with van der Waals surface area (Å²) in [4.78, 5) is 12.0. The van der Waals surface area contributed by atoms with E-state index in [4.69, 9.17) is 14.2 Å². The fraction of sp³-hybridized carbons (Fsp3) is 0.316. The van der Waals surface area contributed by atoms with Crippen molar-refractivity contribution in [2.24, 2.45) is 0 Å². The van der Waals surface area contributed by atoms with Crippen LogP contribution in [0.1, 0.15) is 12.0 Å². The summed E-state index contributed by atoms with van der Waals surface area (Å²) in [5.41, 5.74) is 1.79. The summed E-state index contributed by atoms with van der Waals surface area (Å²) in [5.74, 6) is 2.15. The number of rotatable bonds is 5. The first-order valence-corrected chi connectivity index (χ1v) is 8.35. The van der Waals surface area contributed by atoms with Gasteiger partial charge >= 0.3 is 6.03 Å². The number of hydrogen-bond acceptors (Lipinski definition) is 4. The molecule has 2 N–H and O–H groups in total. The van der Waals surface area contributed by atoms with E-state index in [2.05, 4.69) is 10.6 Å². The van der Waals surface area contributed by atoms with Crippen molar-refractivity contribution in [3.8, 4) is 17.2 Å². The molecule has 0 aromatic heterocycles. The highest BCUT2D eigenvalue weighted by Gasteiger charge is 2.11. The molecule has 0 saturated carbocycles. The van der Waals surface area contributed by atoms with Crippen molar-refractivity contribution in [1.82, 2.24) is 5.32 Å². The van der Waals surface area contributed by atoms with Crippen LogP contribution in [0.25, 0.3) is 0 Å². The van der Waals surface area contributed by atoms with Gasteiger partial charge in [0.15, 0.2) is 11.5 Å². The highest BCUT2D eigenvalue weighted by molar-refractivity contribution is 5.89. The lowest BCUT2D eigenvalue weighted by molar-refractivity contribution is 0.247. The highest BCUT2D eigenvalue weighted by Crippen LogP contribution is 2.32. The predicted octanol–water partition coefficient (Wildman–Crippen LogP) is 3.36. The minimum absolute atomic E-state index is 0.290. The van der Waals surface area contributed by atoms with Crippen molar-refractivity contribution >= 4 is 11.7 Å². The molecule has 1 aliphatic rings. The van der Waals surface area contributed by atoms with Crippen molar-refractivity contribution in [3.05, 3.63) is 48.0 Å². The van der Waals surface area contributed by atoms with Crippen molar-refractivity contribution in [2.45, 2.75) is 13.3 Å². The highest BCUT2D eigenvalue weighted by atomic mass is 16.5. The topological polar surface area (TPSA) is 68.8 Å². The Morgan fingerprint density at radius 2 is 1.96 bits per heavy atom. The Balaban J connectivity index is 1.44. The van der Waals surface area contributed by atoms with Crippen LogP contribution in [0, 0.1) is 6.92 Å². The molecule has 0 aliphatic carbocycles. The van der Waals surface area contributed by atoms with Crippen LogP contribution >= 0.6 is 0 Å². The number of fused-ring (bicyclic) bond motifs is 1. The Labute approximate surface area is 147 Å². The number of benzene rings is 2. The molecule has 0 unspecified atom stereocenters. The summed E-state index contributed by atoms with van der Waals surface area (Å²) in [6, 6.07) is 12.9. The van der Waals surface area contributed by atoms with E-state index in [9.17, 15) is 4.79 Å². The largest absolute Gasteiger partial charge is 0.492 e. The summed E-state index contributed by atoms with van der Waals surface area (Å²) < 4.78 is 16.8. The molecule has 3 rings (SSSR count). The van der Waals surface area contributed by atoms with Gasteiger partial charge in [0.05, 0.1) is 19.8 Å². The first-order chi connectivity index (χ1) is 12.2. The minimum atomic E-state index is -0.290. The minimum Gasteiger partial charge on any atom is -0.492 e. The van der Waals surface area contributed by atoms with E-state index in [0.29, 0.717) is 43.6 Å². The molecule has 0 bridgehead atoms. The molecule has 1 aliphatic heterocycles. The second kappa shape index (κ2) is 8.28. The van der Waals surface area contributed by atoms with Gasteiger partial charge in [-0.15, -0.1) is 0 Å². The van der Waals surface area contributed by atoms with Gasteiger partial charge in [-0.2, -0.15) is 0 Å². The molecule has 2 aromatic rings. The quantitative estimate of drug-likeness (QED) is 0.818. The van der Waals surface area contributed by atoms with E-state index in [0.717, 1.165) is 17.7 Å². The Morgan fingerprint density at radius 1 is 1.12 bits per heavy atom. The van der Waals surface area contributed by atoms with E-state index in [1.807, 2.05) is 31.2 Å². The fourth-order valence-corrected chi connectivity index (χ4v) is 2.45. The molecule has 132 valence electrons. The molecular formula is C19H22N2O4. The van der Waals surface area contributed by atoms with Gasteiger partial charge in [0.25, 0.3) is 0 Å². The maximum Gasteiger partial charge on any atom is 0.319 e. The second-order valence-corrected chi connectivity index (χ2v) is 5.76. The van der Waals surface area contributed by atoms with E-state index in [-0.39, 0.29) is 6.03 Å². The summed E-state index contributed by atoms with van der Waals surface area (Å²) >= 11 is 0. The van der Waals surface area contributed by atoms with E-state index in [1.165, 1.54) is 0 Å². The van der Waals surface area contributed by atoms with Gasteiger partial charge < -0.3 is 24.8 Å². The molecule has 1 heterocycles. The summed E-state index contributed by atoms with van der Waals surface area (Å²) in [6.45, 7) is 4.07. The molecule has 0 saturated heterocycles. The average Bonchev–Trinajstić information content (AvgIpc) is 2.84. The zero-order valence-corrected chi connectivity index (χ0v) is 14.2. The summed E-state index contributed by atoms with van der Waals surface area (Å²) in [6.07, 6.45) is 0.846. The molecule has 6 heteroatoms. The first-order valence-electron chi connectivity index (χ1n) is 8.35. The molecule has 6 nitrogen and oxygen atoms in total. The number of amides is 2. The van der Waals surface area contributed by atoms with Gasteiger partial charge in [0.2, 0.25) is 0 Å². The Hall–Kier alpha value is -2.89. The maximum absolute atomic E-state index is 12.0. The molecule has 25 heavy (non-hydrogen) atoms. The standard InChI is InChI=1S/C19H22N2O4/c1-14-4-2-5-16(12-14)23-11-8-20-19(22)21-15-6-7-17-18(13-15)25-10-3-9-24-17/h2,4-7,12-13H,3,8-11H2,1H3,(H2,20,21,22). The van der Waals surface area contributed by atoms with E-state index >= 15 is 0 Å². The number of nitrogens with one attached hydrogen (secondary N) is 2. The van der Waals surface area contributed by atoms with Crippen LogP contribution in [0.5, 0.6) is 17.2 Å². The Morgan fingerprint density at radius 3 is 2.80 bits per heavy atom. The number of ether oxygens (including phenoxy) is 3. The van der Waals surface area contributed by atoms with Gasteiger partial charge in [-0.1, -0.05) is 12.1 Å². The average molecular weight is 342 g/mol. The number of aryl methyl sites for hydroxylation is 1. The van der Waals surface area contributed by atoms with Gasteiger partial charge in [-0.05, 0) is 36.8 Å². The number of hydrogen-bond donors (Lipinski definition) is 2. The lowest BCUT2D eigenvalue weighted by atomic mass is 10.2. The van der Waals surface area contributed by atoms with Gasteiger partial charge in [0, 0.05) is 18.2 Å². The van der Waals surface area contributed by atoms with Gasteiger partial charge in [-0.3, -0.25) is 0 Å². The third kappa shape index (κ3) is 5.04. The third-order valence-corrected chi connectivity index (χ3v) is 3.65. The Bertz CT molecular complexity index is 733. The number of anilines is 1. The van der Waals surface area contributed by atoms with Crippen LogP contribution in [-0.2, 0) is 0 Å². The van der Waals surface area contributed by atoms with Crippen LogP contribution in [-0.4, -0.2) is 32.4 Å². The SMILES string of the molecule is Cc1cccc(OCCNC(=O)Nc2ccc3c(c2)OCCCO3)c1. The fourth-order valence-electron chi connectivity index (χ4n) is 2.45. The smallest absolute Gasteiger partial charge is 0.319 e. The van der Waals surface area contributed by atoms with Gasteiger partial charge in [0.1, 0.15) is 12.4 Å². The molecule has 0 radical (unpaired) electrons. The molecular weight excluding hydrogens is 320 g/mol. The van der Waals surface area contributed by atoms with Crippen molar-refractivity contribution in [1.29, 1.82) is 0 Å². The number of carbonyl (C=O) groups is 1. The van der Waals surface area contributed by atoms with Gasteiger partial charge in [-0.25, -0.2) is 4.79 Å². The lowest BCUT2D eigenvalue weighted by Crippen LogP contribution is -2.32. The molecule has 2 amide bonds. The molecule has 2 aromatic carbocycles. The first kappa shape index (κ1) is 17.0.